The van der Waals surface area contributed by atoms with Gasteiger partial charge in [-0.05, 0) is 32.9 Å². The van der Waals surface area contributed by atoms with Crippen molar-refractivity contribution >= 4 is 23.0 Å². The van der Waals surface area contributed by atoms with E-state index in [9.17, 15) is 25.0 Å². The number of rotatable bonds is 5. The molecule has 0 unspecified atom stereocenters. The van der Waals surface area contributed by atoms with Crippen LogP contribution in [0.15, 0.2) is 42.5 Å². The third kappa shape index (κ3) is 3.68. The minimum absolute atomic E-state index is 0.0368. The predicted molar refractivity (Wildman–Crippen MR) is 105 cm³/mol. The number of amides is 1. The van der Waals surface area contributed by atoms with E-state index in [1.165, 1.54) is 6.92 Å². The molecular weight excluding hydrogens is 378 g/mol. The van der Waals surface area contributed by atoms with Gasteiger partial charge < -0.3 is 5.32 Å². The van der Waals surface area contributed by atoms with Gasteiger partial charge in [0.05, 0.1) is 38.2 Å². The number of para-hydroxylation sites is 1. The van der Waals surface area contributed by atoms with E-state index in [2.05, 4.69) is 10.4 Å². The zero-order valence-corrected chi connectivity index (χ0v) is 15.9. The van der Waals surface area contributed by atoms with Crippen LogP contribution in [0.3, 0.4) is 0 Å². The van der Waals surface area contributed by atoms with Crippen LogP contribution >= 0.6 is 0 Å². The molecule has 0 saturated heterocycles. The van der Waals surface area contributed by atoms with Crippen molar-refractivity contribution in [1.82, 2.24) is 9.78 Å². The van der Waals surface area contributed by atoms with Crippen molar-refractivity contribution in [3.63, 3.8) is 0 Å². The van der Waals surface area contributed by atoms with Crippen LogP contribution in [0.4, 0.5) is 17.1 Å². The Kier molecular flexibility index (Phi) is 5.09. The first kappa shape index (κ1) is 19.7. The molecule has 0 fully saturated rings. The lowest BCUT2D eigenvalue weighted by Crippen LogP contribution is -2.15. The topological polar surface area (TPSA) is 133 Å². The number of aromatic nitrogens is 2. The van der Waals surface area contributed by atoms with Gasteiger partial charge in [-0.1, -0.05) is 18.2 Å². The van der Waals surface area contributed by atoms with E-state index < -0.39 is 27.1 Å². The second kappa shape index (κ2) is 7.50. The number of hydrogen-bond acceptors (Lipinski definition) is 6. The lowest BCUT2D eigenvalue weighted by Gasteiger charge is -2.08. The maximum Gasteiger partial charge on any atom is 0.281 e. The number of anilines is 1. The molecule has 0 bridgehead atoms. The second-order valence-electron chi connectivity index (χ2n) is 6.40. The smallest absolute Gasteiger partial charge is 0.281 e. The van der Waals surface area contributed by atoms with Crippen molar-refractivity contribution < 1.29 is 14.6 Å². The molecule has 1 N–H and O–H groups in total. The number of nitrogens with one attached hydrogen (secondary N) is 1. The molecule has 0 aliphatic carbocycles. The Morgan fingerprint density at radius 3 is 2.07 bits per heavy atom. The molecule has 2 aromatic carbocycles. The fraction of sp³-hybridized carbons (Fsp3) is 0.158. The number of hydrogen-bond donors (Lipinski definition) is 1. The maximum atomic E-state index is 12.8. The van der Waals surface area contributed by atoms with E-state index in [1.807, 2.05) is 30.3 Å². The first-order valence-electron chi connectivity index (χ1n) is 8.57. The normalized spacial score (nSPS) is 10.6. The molecular formula is C19H17N5O5. The van der Waals surface area contributed by atoms with Crippen molar-refractivity contribution in [2.24, 2.45) is 0 Å². The monoisotopic (exact) mass is 395 g/mol. The predicted octanol–water partition coefficient (Wildman–Crippen LogP) is 3.87. The molecule has 1 aromatic heterocycles. The molecule has 29 heavy (non-hydrogen) atoms. The van der Waals surface area contributed by atoms with E-state index >= 15 is 0 Å². The van der Waals surface area contributed by atoms with Gasteiger partial charge in [-0.25, -0.2) is 4.68 Å². The number of carbonyl (C=O) groups excluding carboxylic acids is 1. The summed E-state index contributed by atoms with van der Waals surface area (Å²) in [5.41, 5.74) is 1.09. The average Bonchev–Trinajstić information content (AvgIpc) is 2.97. The Labute approximate surface area is 165 Å². The number of nitrogens with zero attached hydrogens (tertiary/aromatic N) is 4. The third-order valence-electron chi connectivity index (χ3n) is 4.52. The number of nitro groups is 2. The van der Waals surface area contributed by atoms with Gasteiger partial charge >= 0.3 is 0 Å². The van der Waals surface area contributed by atoms with Gasteiger partial charge in [-0.2, -0.15) is 5.10 Å². The summed E-state index contributed by atoms with van der Waals surface area (Å²) in [5, 5.41) is 29.4. The summed E-state index contributed by atoms with van der Waals surface area (Å²) < 4.78 is 1.62. The number of carbonyl (C=O) groups is 1. The fourth-order valence-electron chi connectivity index (χ4n) is 3.12. The van der Waals surface area contributed by atoms with Crippen molar-refractivity contribution in [3.05, 3.63) is 85.2 Å². The van der Waals surface area contributed by atoms with Gasteiger partial charge in [0.25, 0.3) is 17.3 Å². The summed E-state index contributed by atoms with van der Waals surface area (Å²) in [6.07, 6.45) is 0. The third-order valence-corrected chi connectivity index (χ3v) is 4.52. The van der Waals surface area contributed by atoms with Crippen LogP contribution in [0.5, 0.6) is 0 Å². The van der Waals surface area contributed by atoms with E-state index in [1.54, 1.807) is 18.5 Å². The molecule has 0 radical (unpaired) electrons. The zero-order chi connectivity index (χ0) is 21.3. The lowest BCUT2D eigenvalue weighted by molar-refractivity contribution is -0.395. The molecule has 1 heterocycles. The minimum Gasteiger partial charge on any atom is -0.321 e. The highest BCUT2D eigenvalue weighted by Crippen LogP contribution is 2.32. The van der Waals surface area contributed by atoms with Crippen LogP contribution in [0.25, 0.3) is 5.69 Å². The minimum atomic E-state index is -0.720. The number of aryl methyl sites for hydroxylation is 1. The highest BCUT2D eigenvalue weighted by atomic mass is 16.6. The Morgan fingerprint density at radius 2 is 1.55 bits per heavy atom. The molecule has 148 valence electrons. The van der Waals surface area contributed by atoms with Crippen LogP contribution in [0.1, 0.15) is 27.3 Å². The summed E-state index contributed by atoms with van der Waals surface area (Å²) in [5.74, 6) is -0.561. The molecule has 0 aliphatic heterocycles. The number of nitro benzene ring substituents is 2. The van der Waals surface area contributed by atoms with Crippen LogP contribution in [0.2, 0.25) is 0 Å². The van der Waals surface area contributed by atoms with Crippen LogP contribution in [-0.4, -0.2) is 25.5 Å². The molecule has 1 amide bonds. The van der Waals surface area contributed by atoms with Gasteiger partial charge in [0.2, 0.25) is 0 Å². The Bertz CT molecular complexity index is 1100. The van der Waals surface area contributed by atoms with Crippen LogP contribution < -0.4 is 5.32 Å². The summed E-state index contributed by atoms with van der Waals surface area (Å²) in [6.45, 7) is 4.68. The summed E-state index contributed by atoms with van der Waals surface area (Å²) in [6, 6.07) is 11.4. The van der Waals surface area contributed by atoms with E-state index in [0.717, 1.165) is 17.8 Å². The summed E-state index contributed by atoms with van der Waals surface area (Å²) >= 11 is 0. The molecule has 0 saturated carbocycles. The molecule has 0 spiro atoms. The largest absolute Gasteiger partial charge is 0.321 e. The SMILES string of the molecule is Cc1nn(-c2ccccc2)c(C)c1C(=O)Nc1cc([N+](=O)[O-])c(C)c([N+](=O)[O-])c1. The Hall–Kier alpha value is -4.08. The maximum absolute atomic E-state index is 12.8. The first-order valence-corrected chi connectivity index (χ1v) is 8.57. The molecule has 10 nitrogen and oxygen atoms in total. The first-order chi connectivity index (χ1) is 13.7. The van der Waals surface area contributed by atoms with Crippen molar-refractivity contribution in [3.8, 4) is 5.69 Å². The summed E-state index contributed by atoms with van der Waals surface area (Å²) in [4.78, 5) is 33.9. The molecule has 3 rings (SSSR count). The fourth-order valence-corrected chi connectivity index (χ4v) is 3.12. The van der Waals surface area contributed by atoms with Gasteiger partial charge in [0, 0.05) is 12.1 Å². The van der Waals surface area contributed by atoms with E-state index in [-0.39, 0.29) is 11.3 Å². The highest BCUT2D eigenvalue weighted by Gasteiger charge is 2.25. The Morgan fingerprint density at radius 1 is 1.00 bits per heavy atom. The van der Waals surface area contributed by atoms with E-state index in [4.69, 9.17) is 0 Å². The molecule has 0 atom stereocenters. The summed E-state index contributed by atoms with van der Waals surface area (Å²) in [7, 11) is 0. The molecule has 10 heteroatoms. The number of benzene rings is 2. The van der Waals surface area contributed by atoms with Crippen LogP contribution in [-0.2, 0) is 0 Å². The highest BCUT2D eigenvalue weighted by molar-refractivity contribution is 6.06. The standard InChI is InChI=1S/C19H17N5O5/c1-11-16(23(26)27)9-14(10-17(11)24(28)29)20-19(25)18-12(2)21-22(13(18)3)15-7-5-4-6-8-15/h4-10H,1-3H3,(H,20,25). The van der Waals surface area contributed by atoms with Crippen LogP contribution in [0, 0.1) is 41.0 Å². The quantitative estimate of drug-likeness (QED) is 0.515. The average molecular weight is 395 g/mol. The van der Waals surface area contributed by atoms with Gasteiger partial charge in [0.15, 0.2) is 0 Å². The van der Waals surface area contributed by atoms with Crippen molar-refractivity contribution in [2.45, 2.75) is 20.8 Å². The van der Waals surface area contributed by atoms with Gasteiger partial charge in [-0.15, -0.1) is 0 Å². The molecule has 0 aliphatic rings. The van der Waals surface area contributed by atoms with Gasteiger partial charge in [0.1, 0.15) is 5.56 Å². The van der Waals surface area contributed by atoms with Crippen molar-refractivity contribution in [1.29, 1.82) is 0 Å². The zero-order valence-electron chi connectivity index (χ0n) is 15.9. The molecule has 3 aromatic rings. The van der Waals surface area contributed by atoms with Crippen molar-refractivity contribution in [2.75, 3.05) is 5.32 Å². The Balaban J connectivity index is 2.01. The lowest BCUT2D eigenvalue weighted by atomic mass is 10.1. The van der Waals surface area contributed by atoms with E-state index in [0.29, 0.717) is 17.0 Å². The van der Waals surface area contributed by atoms with Gasteiger partial charge in [-0.3, -0.25) is 25.0 Å². The second-order valence-corrected chi connectivity index (χ2v) is 6.40.